The summed E-state index contributed by atoms with van der Waals surface area (Å²) in [7, 11) is 0. The second-order valence-electron chi connectivity index (χ2n) is 7.03. The minimum absolute atomic E-state index is 0.0231. The number of carbonyl (C=O) groups is 4. The third-order valence-electron chi connectivity index (χ3n) is 4.66. The van der Waals surface area contributed by atoms with E-state index in [2.05, 4.69) is 5.32 Å². The summed E-state index contributed by atoms with van der Waals surface area (Å²) >= 11 is 6.79. The molecule has 8 nitrogen and oxygen atoms in total. The molecule has 4 rings (SSSR count). The van der Waals surface area contributed by atoms with Crippen molar-refractivity contribution in [3.63, 3.8) is 0 Å². The maximum Gasteiger partial charge on any atom is 0.335 e. The standard InChI is InChI=1S/C23H14ClFN2O6S/c24-17-6-4-12(22(30)31)8-16(17)18-7-5-15(33-18)10-19-21(29)27(23(32)34-19)11-20(28)26-14-3-1-2-13(25)9-14/h1-10H,11H2,(H,26,28)(H,30,31)/b19-10+. The van der Waals surface area contributed by atoms with Crippen molar-refractivity contribution in [2.24, 2.45) is 0 Å². The van der Waals surface area contributed by atoms with Crippen molar-refractivity contribution in [2.75, 3.05) is 11.9 Å². The van der Waals surface area contributed by atoms with Crippen LogP contribution in [0.25, 0.3) is 17.4 Å². The van der Waals surface area contributed by atoms with Gasteiger partial charge in [0.2, 0.25) is 5.91 Å². The number of nitrogens with zero attached hydrogens (tertiary/aromatic N) is 1. The largest absolute Gasteiger partial charge is 0.478 e. The topological polar surface area (TPSA) is 117 Å². The molecule has 0 bridgehead atoms. The first kappa shape index (κ1) is 23.3. The third-order valence-corrected chi connectivity index (χ3v) is 5.90. The lowest BCUT2D eigenvalue weighted by Gasteiger charge is -2.12. The zero-order chi connectivity index (χ0) is 24.4. The van der Waals surface area contributed by atoms with Gasteiger partial charge in [-0.1, -0.05) is 17.7 Å². The van der Waals surface area contributed by atoms with E-state index >= 15 is 0 Å². The molecule has 172 valence electrons. The molecule has 0 unspecified atom stereocenters. The Morgan fingerprint density at radius 1 is 1.15 bits per heavy atom. The number of furan rings is 1. The number of imide groups is 1. The number of carboxylic acid groups (broad SMARTS) is 1. The number of benzene rings is 2. The summed E-state index contributed by atoms with van der Waals surface area (Å²) in [6, 6.07) is 12.4. The van der Waals surface area contributed by atoms with Gasteiger partial charge in [0, 0.05) is 17.3 Å². The minimum Gasteiger partial charge on any atom is -0.478 e. The van der Waals surface area contributed by atoms with E-state index in [1.54, 1.807) is 6.07 Å². The van der Waals surface area contributed by atoms with Crippen LogP contribution in [-0.4, -0.2) is 39.6 Å². The van der Waals surface area contributed by atoms with Gasteiger partial charge in [0.25, 0.3) is 11.1 Å². The first-order valence-electron chi connectivity index (χ1n) is 9.65. The molecule has 2 heterocycles. The Labute approximate surface area is 201 Å². The van der Waals surface area contributed by atoms with Gasteiger partial charge in [-0.3, -0.25) is 19.3 Å². The summed E-state index contributed by atoms with van der Waals surface area (Å²) < 4.78 is 18.9. The third kappa shape index (κ3) is 5.03. The van der Waals surface area contributed by atoms with Gasteiger partial charge < -0.3 is 14.8 Å². The molecule has 1 saturated heterocycles. The maximum atomic E-state index is 13.3. The van der Waals surface area contributed by atoms with Crippen LogP contribution in [0.1, 0.15) is 16.1 Å². The van der Waals surface area contributed by atoms with Crippen LogP contribution in [0.5, 0.6) is 0 Å². The van der Waals surface area contributed by atoms with Crippen molar-refractivity contribution in [2.45, 2.75) is 0 Å². The molecule has 0 spiro atoms. The van der Waals surface area contributed by atoms with Crippen LogP contribution < -0.4 is 5.32 Å². The lowest BCUT2D eigenvalue weighted by molar-refractivity contribution is -0.127. The van der Waals surface area contributed by atoms with Gasteiger partial charge in [-0.25, -0.2) is 9.18 Å². The van der Waals surface area contributed by atoms with Gasteiger partial charge >= 0.3 is 5.97 Å². The highest BCUT2D eigenvalue weighted by Gasteiger charge is 2.36. The van der Waals surface area contributed by atoms with Crippen molar-refractivity contribution in [1.29, 1.82) is 0 Å². The van der Waals surface area contributed by atoms with Crippen molar-refractivity contribution >= 4 is 58.1 Å². The molecule has 0 aliphatic carbocycles. The molecular weight excluding hydrogens is 487 g/mol. The van der Waals surface area contributed by atoms with Crippen LogP contribution in [0.3, 0.4) is 0 Å². The molecule has 0 radical (unpaired) electrons. The Balaban J connectivity index is 1.49. The number of rotatable bonds is 6. The number of hydrogen-bond acceptors (Lipinski definition) is 6. The van der Waals surface area contributed by atoms with E-state index in [0.29, 0.717) is 17.3 Å². The van der Waals surface area contributed by atoms with Gasteiger partial charge in [-0.05, 0) is 60.3 Å². The Morgan fingerprint density at radius 2 is 1.94 bits per heavy atom. The molecule has 3 amide bonds. The van der Waals surface area contributed by atoms with E-state index in [4.69, 9.17) is 16.0 Å². The van der Waals surface area contributed by atoms with Crippen molar-refractivity contribution < 1.29 is 33.1 Å². The molecule has 1 aliphatic heterocycles. The zero-order valence-electron chi connectivity index (χ0n) is 17.1. The van der Waals surface area contributed by atoms with E-state index < -0.39 is 35.4 Å². The van der Waals surface area contributed by atoms with E-state index in [1.165, 1.54) is 48.5 Å². The Morgan fingerprint density at radius 3 is 2.68 bits per heavy atom. The number of carboxylic acids is 1. The molecule has 34 heavy (non-hydrogen) atoms. The highest BCUT2D eigenvalue weighted by atomic mass is 35.5. The molecule has 0 atom stereocenters. The lowest BCUT2D eigenvalue weighted by atomic mass is 10.1. The number of carbonyl (C=O) groups excluding carboxylic acids is 3. The normalized spacial score (nSPS) is 14.6. The fourth-order valence-corrected chi connectivity index (χ4v) is 4.13. The molecule has 2 aromatic carbocycles. The van der Waals surface area contributed by atoms with Crippen molar-refractivity contribution in [3.05, 3.63) is 81.7 Å². The van der Waals surface area contributed by atoms with Crippen LogP contribution in [0, 0.1) is 5.82 Å². The second kappa shape index (κ2) is 9.54. The summed E-state index contributed by atoms with van der Waals surface area (Å²) in [6.07, 6.45) is 1.34. The molecule has 1 aromatic heterocycles. The van der Waals surface area contributed by atoms with Crippen molar-refractivity contribution in [3.8, 4) is 11.3 Å². The van der Waals surface area contributed by atoms with Gasteiger partial charge in [0.1, 0.15) is 23.9 Å². The van der Waals surface area contributed by atoms with Gasteiger partial charge in [-0.2, -0.15) is 0 Å². The summed E-state index contributed by atoms with van der Waals surface area (Å²) in [5.41, 5.74) is 0.569. The van der Waals surface area contributed by atoms with E-state index in [9.17, 15) is 28.7 Å². The lowest BCUT2D eigenvalue weighted by Crippen LogP contribution is -2.36. The summed E-state index contributed by atoms with van der Waals surface area (Å²) in [6.45, 7) is -0.542. The first-order valence-corrected chi connectivity index (χ1v) is 10.8. The van der Waals surface area contributed by atoms with Gasteiger partial charge in [-0.15, -0.1) is 0 Å². The van der Waals surface area contributed by atoms with E-state index in [-0.39, 0.29) is 32.7 Å². The fraction of sp³-hybridized carbons (Fsp3) is 0.0435. The molecule has 1 aliphatic rings. The molecule has 1 fully saturated rings. The smallest absolute Gasteiger partial charge is 0.335 e. The SMILES string of the molecule is O=C(CN1C(=O)S/C(=C/c2ccc(-c3cc(C(=O)O)ccc3Cl)o2)C1=O)Nc1cccc(F)c1. The number of aromatic carboxylic acids is 1. The highest BCUT2D eigenvalue weighted by molar-refractivity contribution is 8.18. The average molecular weight is 501 g/mol. The number of anilines is 1. The summed E-state index contributed by atoms with van der Waals surface area (Å²) in [4.78, 5) is 49.2. The molecular formula is C23H14ClFN2O6S. The number of halogens is 2. The van der Waals surface area contributed by atoms with Crippen molar-refractivity contribution in [1.82, 2.24) is 4.90 Å². The quantitative estimate of drug-likeness (QED) is 0.451. The van der Waals surface area contributed by atoms with Crippen LogP contribution in [-0.2, 0) is 9.59 Å². The van der Waals surface area contributed by atoms with Crippen LogP contribution in [0.2, 0.25) is 5.02 Å². The van der Waals surface area contributed by atoms with E-state index in [1.807, 2.05) is 0 Å². The molecule has 0 saturated carbocycles. The monoisotopic (exact) mass is 500 g/mol. The Kier molecular flexibility index (Phi) is 6.53. The molecule has 2 N–H and O–H groups in total. The summed E-state index contributed by atoms with van der Waals surface area (Å²) in [5, 5.41) is 11.2. The molecule has 3 aromatic rings. The van der Waals surface area contributed by atoms with Crippen LogP contribution >= 0.6 is 23.4 Å². The van der Waals surface area contributed by atoms with Crippen LogP contribution in [0.4, 0.5) is 14.9 Å². The molecule has 11 heteroatoms. The van der Waals surface area contributed by atoms with Crippen LogP contribution in [0.15, 0.2) is 63.9 Å². The number of thioether (sulfide) groups is 1. The highest BCUT2D eigenvalue weighted by Crippen LogP contribution is 2.35. The minimum atomic E-state index is -1.13. The summed E-state index contributed by atoms with van der Waals surface area (Å²) in [5.74, 6) is -2.52. The zero-order valence-corrected chi connectivity index (χ0v) is 18.7. The van der Waals surface area contributed by atoms with Gasteiger partial charge in [0.05, 0.1) is 15.5 Å². The first-order chi connectivity index (χ1) is 16.2. The second-order valence-corrected chi connectivity index (χ2v) is 8.43. The predicted octanol–water partition coefficient (Wildman–Crippen LogP) is 5.11. The number of hydrogen-bond donors (Lipinski definition) is 2. The average Bonchev–Trinajstić information content (AvgIpc) is 3.34. The Bertz CT molecular complexity index is 1370. The fourth-order valence-electron chi connectivity index (χ4n) is 3.10. The number of amides is 3. The van der Waals surface area contributed by atoms with E-state index in [0.717, 1.165) is 11.0 Å². The Hall–Kier alpha value is -3.89. The predicted molar refractivity (Wildman–Crippen MR) is 124 cm³/mol. The van der Waals surface area contributed by atoms with Gasteiger partial charge in [0.15, 0.2) is 0 Å². The maximum absolute atomic E-state index is 13.3. The number of nitrogens with one attached hydrogen (secondary N) is 1.